The highest BCUT2D eigenvalue weighted by Gasteiger charge is 2.21. The summed E-state index contributed by atoms with van der Waals surface area (Å²) in [5, 5.41) is 0. The van der Waals surface area contributed by atoms with Gasteiger partial charge in [-0.2, -0.15) is 0 Å². The fraction of sp³-hybridized carbons (Fsp3) is 0.211. The van der Waals surface area contributed by atoms with Crippen molar-refractivity contribution in [2.45, 2.75) is 25.9 Å². The lowest BCUT2D eigenvalue weighted by molar-refractivity contribution is -0.149. The van der Waals surface area contributed by atoms with Gasteiger partial charge in [-0.05, 0) is 17.7 Å². The number of benzene rings is 2. The molecule has 2 aromatic carbocycles. The zero-order valence-electron chi connectivity index (χ0n) is 11.9. The molecule has 1 aliphatic rings. The van der Waals surface area contributed by atoms with Crippen LogP contribution in [0.2, 0.25) is 0 Å². The molecular weight excluding hydrogens is 260 g/mol. The summed E-state index contributed by atoms with van der Waals surface area (Å²) in [6.07, 6.45) is 0.768. The predicted octanol–water partition coefficient (Wildman–Crippen LogP) is 3.64. The molecule has 0 N–H and O–H groups in total. The van der Waals surface area contributed by atoms with Gasteiger partial charge in [0.1, 0.15) is 6.10 Å². The number of ether oxygens (including phenoxy) is 1. The van der Waals surface area contributed by atoms with E-state index in [9.17, 15) is 4.79 Å². The highest BCUT2D eigenvalue weighted by Crippen LogP contribution is 2.28. The van der Waals surface area contributed by atoms with Gasteiger partial charge >= 0.3 is 5.97 Å². The van der Waals surface area contributed by atoms with Crippen LogP contribution in [0.5, 0.6) is 0 Å². The summed E-state index contributed by atoms with van der Waals surface area (Å²) in [5.41, 5.74) is 4.04. The van der Waals surface area contributed by atoms with E-state index in [4.69, 9.17) is 4.74 Å². The molecule has 1 atom stereocenters. The van der Waals surface area contributed by atoms with Crippen LogP contribution in [0, 0.1) is 11.8 Å². The Hall–Kier alpha value is -2.53. The van der Waals surface area contributed by atoms with E-state index in [1.165, 1.54) is 0 Å². The van der Waals surface area contributed by atoms with Crippen molar-refractivity contribution in [1.29, 1.82) is 0 Å². The largest absolute Gasteiger partial charge is 0.457 e. The molecule has 2 nitrogen and oxygen atoms in total. The normalized spacial score (nSPS) is 15.6. The average Bonchev–Trinajstić information content (AvgIpc) is 2.51. The molecule has 104 valence electrons. The monoisotopic (exact) mass is 276 g/mol. The van der Waals surface area contributed by atoms with Crippen molar-refractivity contribution >= 4 is 5.97 Å². The Balaban J connectivity index is 2.09. The van der Waals surface area contributed by atoms with Crippen molar-refractivity contribution in [3.63, 3.8) is 0 Å². The summed E-state index contributed by atoms with van der Waals surface area (Å²) in [6, 6.07) is 15.9. The van der Waals surface area contributed by atoms with Crippen molar-refractivity contribution in [2.24, 2.45) is 0 Å². The van der Waals surface area contributed by atoms with Crippen LogP contribution < -0.4 is 0 Å². The van der Waals surface area contributed by atoms with Crippen LogP contribution >= 0.6 is 0 Å². The molecule has 0 aliphatic heterocycles. The third-order valence-corrected chi connectivity index (χ3v) is 3.62. The van der Waals surface area contributed by atoms with E-state index in [0.29, 0.717) is 12.8 Å². The summed E-state index contributed by atoms with van der Waals surface area (Å²) in [6.45, 7) is 1.81. The van der Waals surface area contributed by atoms with Crippen molar-refractivity contribution in [2.75, 3.05) is 0 Å². The Morgan fingerprint density at radius 2 is 1.76 bits per heavy atom. The fourth-order valence-corrected chi connectivity index (χ4v) is 2.50. The first-order chi connectivity index (χ1) is 10.3. The number of hydrogen-bond acceptors (Lipinski definition) is 2. The Bertz CT molecular complexity index is 734. The molecule has 2 heteroatoms. The minimum Gasteiger partial charge on any atom is -0.457 e. The van der Waals surface area contributed by atoms with E-state index < -0.39 is 0 Å². The third-order valence-electron chi connectivity index (χ3n) is 3.62. The summed E-state index contributed by atoms with van der Waals surface area (Å²) in [7, 11) is 0. The second-order valence-corrected chi connectivity index (χ2v) is 5.03. The van der Waals surface area contributed by atoms with Crippen LogP contribution in [-0.2, 0) is 16.0 Å². The van der Waals surface area contributed by atoms with Crippen molar-refractivity contribution < 1.29 is 9.53 Å². The lowest BCUT2D eigenvalue weighted by Gasteiger charge is -2.21. The number of rotatable bonds is 2. The van der Waals surface area contributed by atoms with Crippen LogP contribution in [0.3, 0.4) is 0 Å². The lowest BCUT2D eigenvalue weighted by atomic mass is 9.92. The van der Waals surface area contributed by atoms with E-state index >= 15 is 0 Å². The highest BCUT2D eigenvalue weighted by molar-refractivity contribution is 5.69. The standard InChI is InChI=1S/C19H16O2/c1-2-19(20)21-18-13-16-9-4-3-7-14(16)11-12-15-8-5-6-10-17(15)18/h3-10,18H,2,13H2,1H3. The number of esters is 1. The quantitative estimate of drug-likeness (QED) is 0.618. The van der Waals surface area contributed by atoms with Gasteiger partial charge in [0.2, 0.25) is 0 Å². The number of carbonyl (C=O) groups excluding carboxylic acids is 1. The Labute approximate surface area is 124 Å². The van der Waals surface area contributed by atoms with Crippen molar-refractivity contribution in [1.82, 2.24) is 0 Å². The first kappa shape index (κ1) is 13.5. The minimum absolute atomic E-state index is 0.180. The van der Waals surface area contributed by atoms with Crippen molar-refractivity contribution in [3.8, 4) is 11.8 Å². The number of fused-ring (bicyclic) bond motifs is 2. The van der Waals surface area contributed by atoms with Crippen LogP contribution in [0.15, 0.2) is 48.5 Å². The Morgan fingerprint density at radius 3 is 2.57 bits per heavy atom. The predicted molar refractivity (Wildman–Crippen MR) is 81.7 cm³/mol. The van der Waals surface area contributed by atoms with E-state index in [1.54, 1.807) is 0 Å². The molecular formula is C19H16O2. The Morgan fingerprint density at radius 1 is 1.10 bits per heavy atom. The van der Waals surface area contributed by atoms with Crippen LogP contribution in [-0.4, -0.2) is 5.97 Å². The molecule has 0 fully saturated rings. The molecule has 0 amide bonds. The van der Waals surface area contributed by atoms with Gasteiger partial charge in [-0.1, -0.05) is 55.2 Å². The molecule has 21 heavy (non-hydrogen) atoms. The van der Waals surface area contributed by atoms with Gasteiger partial charge in [-0.3, -0.25) is 4.79 Å². The summed E-state index contributed by atoms with van der Waals surface area (Å²) >= 11 is 0. The maximum absolute atomic E-state index is 11.7. The number of carbonyl (C=O) groups is 1. The van der Waals surface area contributed by atoms with Crippen LogP contribution in [0.1, 0.15) is 41.7 Å². The van der Waals surface area contributed by atoms with Gasteiger partial charge in [0.05, 0.1) is 0 Å². The lowest BCUT2D eigenvalue weighted by Crippen LogP contribution is -2.15. The van der Waals surface area contributed by atoms with E-state index in [2.05, 4.69) is 11.8 Å². The van der Waals surface area contributed by atoms with Crippen LogP contribution in [0.4, 0.5) is 0 Å². The second kappa shape index (κ2) is 5.85. The molecule has 0 saturated carbocycles. The molecule has 0 radical (unpaired) electrons. The molecule has 1 unspecified atom stereocenters. The summed E-state index contributed by atoms with van der Waals surface area (Å²) < 4.78 is 5.65. The molecule has 0 spiro atoms. The van der Waals surface area contributed by atoms with Gasteiger partial charge < -0.3 is 4.74 Å². The van der Waals surface area contributed by atoms with Gasteiger partial charge in [-0.15, -0.1) is 0 Å². The first-order valence-corrected chi connectivity index (χ1v) is 7.16. The highest BCUT2D eigenvalue weighted by atomic mass is 16.5. The summed E-state index contributed by atoms with van der Waals surface area (Å²) in [4.78, 5) is 11.7. The minimum atomic E-state index is -0.274. The molecule has 3 rings (SSSR count). The van der Waals surface area contributed by atoms with Gasteiger partial charge in [0.25, 0.3) is 0 Å². The molecule has 1 aliphatic carbocycles. The number of hydrogen-bond donors (Lipinski definition) is 0. The average molecular weight is 276 g/mol. The molecule has 2 aromatic rings. The zero-order valence-corrected chi connectivity index (χ0v) is 11.9. The summed E-state index contributed by atoms with van der Waals surface area (Å²) in [5.74, 6) is 6.24. The van der Waals surface area contributed by atoms with Crippen molar-refractivity contribution in [3.05, 3.63) is 70.8 Å². The van der Waals surface area contributed by atoms with Gasteiger partial charge in [0, 0.05) is 29.5 Å². The van der Waals surface area contributed by atoms with Crippen LogP contribution in [0.25, 0.3) is 0 Å². The zero-order chi connectivity index (χ0) is 14.7. The maximum atomic E-state index is 11.7. The van der Waals surface area contributed by atoms with E-state index in [0.717, 1.165) is 22.3 Å². The van der Waals surface area contributed by atoms with E-state index in [-0.39, 0.29) is 12.1 Å². The first-order valence-electron chi connectivity index (χ1n) is 7.16. The second-order valence-electron chi connectivity index (χ2n) is 5.03. The molecule has 0 heterocycles. The molecule has 0 bridgehead atoms. The van der Waals surface area contributed by atoms with Gasteiger partial charge in [-0.25, -0.2) is 0 Å². The topological polar surface area (TPSA) is 26.3 Å². The third kappa shape index (κ3) is 2.83. The Kier molecular flexibility index (Phi) is 3.75. The fourth-order valence-electron chi connectivity index (χ4n) is 2.50. The van der Waals surface area contributed by atoms with Gasteiger partial charge in [0.15, 0.2) is 0 Å². The smallest absolute Gasteiger partial charge is 0.306 e. The molecule has 0 aromatic heterocycles. The van der Waals surface area contributed by atoms with E-state index in [1.807, 2.05) is 55.5 Å². The molecule has 0 saturated heterocycles. The SMILES string of the molecule is CCC(=O)OC1Cc2ccccc2C#Cc2ccccc21. The maximum Gasteiger partial charge on any atom is 0.306 e.